The normalized spacial score (nSPS) is 13.2. The van der Waals surface area contributed by atoms with Gasteiger partial charge in [-0.05, 0) is 36.1 Å². The Hall–Kier alpha value is -0.340. The Kier molecular flexibility index (Phi) is 6.74. The first-order valence-electron chi connectivity index (χ1n) is 5.86. The predicted molar refractivity (Wildman–Crippen MR) is 90.1 cm³/mol. The van der Waals surface area contributed by atoms with Crippen LogP contribution in [0.5, 0.6) is 0 Å². The third kappa shape index (κ3) is 4.89. The lowest BCUT2D eigenvalue weighted by Crippen LogP contribution is -2.29. The maximum absolute atomic E-state index is 12.1. The second-order valence-electron chi connectivity index (χ2n) is 4.42. The molecule has 0 spiro atoms. The Bertz CT molecular complexity index is 590. The van der Waals surface area contributed by atoms with E-state index in [1.165, 1.54) is 18.2 Å². The van der Waals surface area contributed by atoms with Gasteiger partial charge in [0.05, 0.1) is 9.92 Å². The molecule has 0 aliphatic heterocycles. The first kappa shape index (κ1) is 17.7. The van der Waals surface area contributed by atoms with Crippen molar-refractivity contribution in [3.8, 4) is 0 Å². The second kappa shape index (κ2) is 7.61. The van der Waals surface area contributed by atoms with Gasteiger partial charge in [-0.2, -0.15) is 11.8 Å². The summed E-state index contributed by atoms with van der Waals surface area (Å²) < 4.78 is 26.8. The largest absolute Gasteiger partial charge is 0.389 e. The van der Waals surface area contributed by atoms with Crippen molar-refractivity contribution in [1.29, 1.82) is 0 Å². The number of hydrogen-bond acceptors (Lipinski definition) is 4. The van der Waals surface area contributed by atoms with E-state index < -0.39 is 10.0 Å². The van der Waals surface area contributed by atoms with E-state index in [1.807, 2.05) is 13.2 Å². The summed E-state index contributed by atoms with van der Waals surface area (Å²) >= 11 is 12.5. The van der Waals surface area contributed by atoms with Crippen LogP contribution in [0.3, 0.4) is 0 Å². The summed E-state index contributed by atoms with van der Waals surface area (Å²) in [5.74, 6) is 1.15. The Labute approximate surface area is 134 Å². The van der Waals surface area contributed by atoms with Crippen LogP contribution in [0, 0.1) is 5.92 Å². The second-order valence-corrected chi connectivity index (χ2v) is 7.94. The van der Waals surface area contributed by atoms with Gasteiger partial charge >= 0.3 is 0 Å². The quantitative estimate of drug-likeness (QED) is 0.736. The minimum atomic E-state index is -3.57. The molecule has 112 valence electrons. The molecule has 3 N–H and O–H groups in total. The van der Waals surface area contributed by atoms with Crippen molar-refractivity contribution in [2.75, 3.05) is 18.6 Å². The molecule has 20 heavy (non-hydrogen) atoms. The summed E-state index contributed by atoms with van der Waals surface area (Å²) in [7, 11) is -3.57. The van der Waals surface area contributed by atoms with Gasteiger partial charge in [-0.25, -0.2) is 13.1 Å². The zero-order valence-electron chi connectivity index (χ0n) is 11.2. The van der Waals surface area contributed by atoms with E-state index in [4.69, 9.17) is 29.6 Å². The molecule has 1 atom stereocenters. The number of sulfonamides is 1. The molecule has 0 aliphatic rings. The maximum atomic E-state index is 12.1. The van der Waals surface area contributed by atoms with Crippen molar-refractivity contribution >= 4 is 50.6 Å². The van der Waals surface area contributed by atoms with E-state index >= 15 is 0 Å². The Balaban J connectivity index is 2.88. The van der Waals surface area contributed by atoms with E-state index in [0.29, 0.717) is 12.1 Å². The van der Waals surface area contributed by atoms with Crippen molar-refractivity contribution < 1.29 is 8.42 Å². The predicted octanol–water partition coefficient (Wildman–Crippen LogP) is 2.25. The molecule has 0 saturated heterocycles. The molecule has 0 fully saturated rings. The van der Waals surface area contributed by atoms with Gasteiger partial charge in [-0.15, -0.1) is 0 Å². The fourth-order valence-electron chi connectivity index (χ4n) is 1.54. The molecule has 1 aromatic carbocycles. The smallest absolute Gasteiger partial charge is 0.240 e. The molecule has 0 saturated carbocycles. The van der Waals surface area contributed by atoms with Crippen LogP contribution in [0.15, 0.2) is 23.1 Å². The van der Waals surface area contributed by atoms with Crippen LogP contribution in [-0.2, 0) is 10.0 Å². The van der Waals surface area contributed by atoms with Gasteiger partial charge in [0.1, 0.15) is 4.99 Å². The lowest BCUT2D eigenvalue weighted by Gasteiger charge is -2.12. The van der Waals surface area contributed by atoms with E-state index in [2.05, 4.69) is 4.72 Å². The standard InChI is InChI=1S/C12H17ClN2O2S3/c1-8(7-19-2)6-15-20(16,17)9-3-4-10(12(14)18)11(13)5-9/h3-5,8,15H,6-7H2,1-2H3,(H2,14,18). The van der Waals surface area contributed by atoms with E-state index in [-0.39, 0.29) is 20.8 Å². The molecule has 1 aromatic rings. The van der Waals surface area contributed by atoms with Gasteiger partial charge in [0.2, 0.25) is 10.0 Å². The van der Waals surface area contributed by atoms with Crippen molar-refractivity contribution in [2.45, 2.75) is 11.8 Å². The fourth-order valence-corrected chi connectivity index (χ4v) is 4.00. The minimum absolute atomic E-state index is 0.110. The number of thioether (sulfide) groups is 1. The van der Waals surface area contributed by atoms with E-state index in [1.54, 1.807) is 11.8 Å². The van der Waals surface area contributed by atoms with Crippen LogP contribution in [0.1, 0.15) is 12.5 Å². The molecule has 0 aliphatic carbocycles. The van der Waals surface area contributed by atoms with Gasteiger partial charge in [0.25, 0.3) is 0 Å². The molecule has 1 unspecified atom stereocenters. The summed E-state index contributed by atoms with van der Waals surface area (Å²) in [5, 5.41) is 0.234. The minimum Gasteiger partial charge on any atom is -0.389 e. The summed E-state index contributed by atoms with van der Waals surface area (Å²) in [5.41, 5.74) is 5.95. The van der Waals surface area contributed by atoms with E-state index in [9.17, 15) is 8.42 Å². The van der Waals surface area contributed by atoms with Crippen LogP contribution in [0.2, 0.25) is 5.02 Å². The van der Waals surface area contributed by atoms with Crippen molar-refractivity contribution in [3.05, 3.63) is 28.8 Å². The van der Waals surface area contributed by atoms with Crippen LogP contribution < -0.4 is 10.5 Å². The number of hydrogen-bond donors (Lipinski definition) is 2. The first-order chi connectivity index (χ1) is 9.27. The molecular weight excluding hydrogens is 336 g/mol. The Morgan fingerprint density at radius 2 is 2.20 bits per heavy atom. The fraction of sp³-hybridized carbons (Fsp3) is 0.417. The highest BCUT2D eigenvalue weighted by molar-refractivity contribution is 7.98. The lowest BCUT2D eigenvalue weighted by molar-refractivity contribution is 0.562. The summed E-state index contributed by atoms with van der Waals surface area (Å²) in [6.07, 6.45) is 1.99. The molecule has 8 heteroatoms. The highest BCUT2D eigenvalue weighted by atomic mass is 35.5. The molecule has 0 bridgehead atoms. The number of halogens is 1. The average molecular weight is 353 g/mol. The summed E-state index contributed by atoms with van der Waals surface area (Å²) in [6.45, 7) is 2.37. The number of benzene rings is 1. The van der Waals surface area contributed by atoms with Gasteiger partial charge < -0.3 is 5.73 Å². The zero-order chi connectivity index (χ0) is 15.3. The van der Waals surface area contributed by atoms with Crippen molar-refractivity contribution in [1.82, 2.24) is 4.72 Å². The molecule has 1 rings (SSSR count). The highest BCUT2D eigenvalue weighted by Gasteiger charge is 2.17. The summed E-state index contributed by atoms with van der Waals surface area (Å²) in [6, 6.07) is 4.32. The van der Waals surface area contributed by atoms with Gasteiger partial charge in [0.15, 0.2) is 0 Å². The van der Waals surface area contributed by atoms with Gasteiger partial charge in [-0.1, -0.05) is 30.7 Å². The third-order valence-corrected chi connectivity index (χ3v) is 5.45. The van der Waals surface area contributed by atoms with Crippen LogP contribution in [-0.4, -0.2) is 32.0 Å². The van der Waals surface area contributed by atoms with E-state index in [0.717, 1.165) is 5.75 Å². The number of thiocarbonyl (C=S) groups is 1. The first-order valence-corrected chi connectivity index (χ1v) is 9.52. The Morgan fingerprint density at radius 3 is 2.70 bits per heavy atom. The van der Waals surface area contributed by atoms with Gasteiger partial charge in [-0.3, -0.25) is 0 Å². The summed E-state index contributed by atoms with van der Waals surface area (Å²) in [4.78, 5) is 0.249. The molecule has 0 aromatic heterocycles. The number of nitrogens with two attached hydrogens (primary N) is 1. The topological polar surface area (TPSA) is 72.2 Å². The lowest BCUT2D eigenvalue weighted by atomic mass is 10.2. The molecule has 0 heterocycles. The number of nitrogens with one attached hydrogen (secondary N) is 1. The van der Waals surface area contributed by atoms with Crippen LogP contribution in [0.4, 0.5) is 0 Å². The molecule has 0 amide bonds. The highest BCUT2D eigenvalue weighted by Crippen LogP contribution is 2.21. The van der Waals surface area contributed by atoms with Crippen LogP contribution >= 0.6 is 35.6 Å². The van der Waals surface area contributed by atoms with Gasteiger partial charge in [0, 0.05) is 12.1 Å². The Morgan fingerprint density at radius 1 is 1.55 bits per heavy atom. The zero-order valence-corrected chi connectivity index (χ0v) is 14.4. The van der Waals surface area contributed by atoms with Crippen molar-refractivity contribution in [3.63, 3.8) is 0 Å². The molecule has 4 nitrogen and oxygen atoms in total. The third-order valence-electron chi connectivity index (χ3n) is 2.59. The number of rotatable bonds is 7. The SMILES string of the molecule is CSCC(C)CNS(=O)(=O)c1ccc(C(N)=S)c(Cl)c1. The monoisotopic (exact) mass is 352 g/mol. The van der Waals surface area contributed by atoms with Crippen LogP contribution in [0.25, 0.3) is 0 Å². The molecule has 0 radical (unpaired) electrons. The maximum Gasteiger partial charge on any atom is 0.240 e. The average Bonchev–Trinajstić information content (AvgIpc) is 2.36. The van der Waals surface area contributed by atoms with Crippen molar-refractivity contribution in [2.24, 2.45) is 11.7 Å². The molecular formula is C12H17ClN2O2S3.